The molecule has 1 aliphatic rings. The molecule has 0 fully saturated rings. The van der Waals surface area contributed by atoms with Crippen molar-refractivity contribution in [3.63, 3.8) is 0 Å². The van der Waals surface area contributed by atoms with Gasteiger partial charge < -0.3 is 10.2 Å². The van der Waals surface area contributed by atoms with Crippen molar-refractivity contribution >= 4 is 0 Å². The maximum atomic E-state index is 9.36. The minimum absolute atomic E-state index is 0.497. The van der Waals surface area contributed by atoms with E-state index in [0.717, 1.165) is 5.69 Å². The highest BCUT2D eigenvalue weighted by molar-refractivity contribution is 5.00. The zero-order valence-corrected chi connectivity index (χ0v) is 6.72. The van der Waals surface area contributed by atoms with Gasteiger partial charge >= 0.3 is 0 Å². The molecule has 12 heavy (non-hydrogen) atoms. The third-order valence-corrected chi connectivity index (χ3v) is 2.28. The highest BCUT2D eigenvalue weighted by Gasteiger charge is 2.30. The normalized spacial score (nSPS) is 28.2. The monoisotopic (exact) mass is 166 g/mol. The molecule has 0 saturated heterocycles. The second-order valence-electron chi connectivity index (χ2n) is 3.18. The molecule has 2 heterocycles. The summed E-state index contributed by atoms with van der Waals surface area (Å²) < 4.78 is 1.97. The SMILES string of the molecule is O[C@@H]1C[n+]2ccccc2C[C@@H]1O. The van der Waals surface area contributed by atoms with Crippen molar-refractivity contribution in [2.24, 2.45) is 0 Å². The minimum Gasteiger partial charge on any atom is -0.390 e. The first kappa shape index (κ1) is 7.71. The third-order valence-electron chi connectivity index (χ3n) is 2.28. The molecular weight excluding hydrogens is 154 g/mol. The van der Waals surface area contributed by atoms with Crippen LogP contribution in [0.5, 0.6) is 0 Å². The zero-order chi connectivity index (χ0) is 8.55. The summed E-state index contributed by atoms with van der Waals surface area (Å²) in [6.07, 6.45) is 1.24. The van der Waals surface area contributed by atoms with Crippen molar-refractivity contribution in [2.75, 3.05) is 0 Å². The Morgan fingerprint density at radius 1 is 1.25 bits per heavy atom. The first-order valence-corrected chi connectivity index (χ1v) is 4.11. The van der Waals surface area contributed by atoms with Crippen LogP contribution in [0.4, 0.5) is 0 Å². The molecule has 2 N–H and O–H groups in total. The lowest BCUT2D eigenvalue weighted by Gasteiger charge is -2.20. The molecular formula is C9H12NO2+. The van der Waals surface area contributed by atoms with E-state index in [1.165, 1.54) is 0 Å². The number of aliphatic hydroxyl groups excluding tert-OH is 2. The smallest absolute Gasteiger partial charge is 0.184 e. The summed E-state index contributed by atoms with van der Waals surface area (Å²) in [5, 5.41) is 18.7. The predicted molar refractivity (Wildman–Crippen MR) is 42.4 cm³/mol. The van der Waals surface area contributed by atoms with Gasteiger partial charge in [-0.25, -0.2) is 0 Å². The second kappa shape index (κ2) is 2.84. The van der Waals surface area contributed by atoms with E-state index in [4.69, 9.17) is 0 Å². The van der Waals surface area contributed by atoms with E-state index in [1.807, 2.05) is 29.0 Å². The number of aromatic nitrogens is 1. The number of hydrogen-bond acceptors (Lipinski definition) is 2. The van der Waals surface area contributed by atoms with Crippen LogP contribution < -0.4 is 4.57 Å². The van der Waals surface area contributed by atoms with Crippen LogP contribution >= 0.6 is 0 Å². The lowest BCUT2D eigenvalue weighted by Crippen LogP contribution is -2.53. The van der Waals surface area contributed by atoms with E-state index >= 15 is 0 Å². The average molecular weight is 166 g/mol. The standard InChI is InChI=1S/C9H12NO2/c11-8-5-7-3-1-2-4-10(7)6-9(8)12/h1-4,8-9,11-12H,5-6H2/q+1/t8-,9+/m0/s1. The van der Waals surface area contributed by atoms with Crippen LogP contribution in [0, 0.1) is 0 Å². The summed E-state index contributed by atoms with van der Waals surface area (Å²) in [5.41, 5.74) is 1.08. The third kappa shape index (κ3) is 1.21. The molecule has 3 heteroatoms. The van der Waals surface area contributed by atoms with Crippen LogP contribution in [0.3, 0.4) is 0 Å². The summed E-state index contributed by atoms with van der Waals surface area (Å²) in [4.78, 5) is 0. The van der Waals surface area contributed by atoms with Gasteiger partial charge in [0.1, 0.15) is 6.10 Å². The largest absolute Gasteiger partial charge is 0.390 e. The van der Waals surface area contributed by atoms with Gasteiger partial charge in [-0.05, 0) is 0 Å². The topological polar surface area (TPSA) is 44.3 Å². The molecule has 1 aliphatic heterocycles. The van der Waals surface area contributed by atoms with Gasteiger partial charge in [0.25, 0.3) is 0 Å². The number of hydrogen-bond donors (Lipinski definition) is 2. The van der Waals surface area contributed by atoms with Crippen LogP contribution in [0.2, 0.25) is 0 Å². The fourth-order valence-electron chi connectivity index (χ4n) is 1.55. The molecule has 0 spiro atoms. The van der Waals surface area contributed by atoms with Gasteiger partial charge in [0.05, 0.1) is 12.5 Å². The molecule has 1 aromatic rings. The Morgan fingerprint density at radius 3 is 2.92 bits per heavy atom. The van der Waals surface area contributed by atoms with Crippen molar-refractivity contribution in [3.05, 3.63) is 30.1 Å². The van der Waals surface area contributed by atoms with E-state index < -0.39 is 12.2 Å². The Hall–Kier alpha value is -0.930. The number of rotatable bonds is 0. The molecule has 64 valence electrons. The second-order valence-corrected chi connectivity index (χ2v) is 3.18. The predicted octanol–water partition coefficient (Wildman–Crippen LogP) is -0.748. The van der Waals surface area contributed by atoms with E-state index in [1.54, 1.807) is 0 Å². The van der Waals surface area contributed by atoms with Crippen LogP contribution in [-0.4, -0.2) is 22.4 Å². The Morgan fingerprint density at radius 2 is 2.08 bits per heavy atom. The molecule has 2 rings (SSSR count). The fraction of sp³-hybridized carbons (Fsp3) is 0.444. The maximum Gasteiger partial charge on any atom is 0.184 e. The maximum absolute atomic E-state index is 9.36. The van der Waals surface area contributed by atoms with Gasteiger partial charge in [-0.15, -0.1) is 0 Å². The highest BCUT2D eigenvalue weighted by Crippen LogP contribution is 2.07. The molecule has 2 atom stereocenters. The number of fused-ring (bicyclic) bond motifs is 1. The summed E-state index contributed by atoms with van der Waals surface area (Å²) in [5.74, 6) is 0. The molecule has 1 aromatic heterocycles. The Kier molecular flexibility index (Phi) is 1.83. The Labute approximate surface area is 70.9 Å². The molecule has 0 aliphatic carbocycles. The van der Waals surface area contributed by atoms with Crippen LogP contribution in [0.15, 0.2) is 24.4 Å². The molecule has 0 bridgehead atoms. The average Bonchev–Trinajstić information content (AvgIpc) is 2.07. The van der Waals surface area contributed by atoms with E-state index in [-0.39, 0.29) is 0 Å². The first-order valence-electron chi connectivity index (χ1n) is 4.11. The van der Waals surface area contributed by atoms with Gasteiger partial charge in [-0.3, -0.25) is 0 Å². The minimum atomic E-state index is -0.620. The summed E-state index contributed by atoms with van der Waals surface area (Å²) >= 11 is 0. The number of aliphatic hydroxyl groups is 2. The number of nitrogens with zero attached hydrogens (tertiary/aromatic N) is 1. The molecule has 0 radical (unpaired) electrons. The van der Waals surface area contributed by atoms with E-state index in [9.17, 15) is 10.2 Å². The molecule has 0 unspecified atom stereocenters. The first-order chi connectivity index (χ1) is 5.77. The quantitative estimate of drug-likeness (QED) is 0.498. The van der Waals surface area contributed by atoms with Crippen LogP contribution in [0.25, 0.3) is 0 Å². The van der Waals surface area contributed by atoms with Gasteiger partial charge in [-0.2, -0.15) is 4.57 Å². The fourth-order valence-corrected chi connectivity index (χ4v) is 1.55. The highest BCUT2D eigenvalue weighted by atomic mass is 16.3. The lowest BCUT2D eigenvalue weighted by atomic mass is 10.0. The summed E-state index contributed by atoms with van der Waals surface area (Å²) in [6, 6.07) is 5.83. The van der Waals surface area contributed by atoms with Gasteiger partial charge in [0, 0.05) is 12.1 Å². The van der Waals surface area contributed by atoms with Gasteiger partial charge in [0.2, 0.25) is 0 Å². The van der Waals surface area contributed by atoms with Gasteiger partial charge in [0.15, 0.2) is 18.4 Å². The van der Waals surface area contributed by atoms with Crippen molar-refractivity contribution in [2.45, 2.75) is 25.2 Å². The number of pyridine rings is 1. The zero-order valence-electron chi connectivity index (χ0n) is 6.72. The van der Waals surface area contributed by atoms with Crippen molar-refractivity contribution < 1.29 is 14.8 Å². The van der Waals surface area contributed by atoms with E-state index in [0.29, 0.717) is 13.0 Å². The lowest BCUT2D eigenvalue weighted by molar-refractivity contribution is -0.718. The molecule has 0 aromatic carbocycles. The van der Waals surface area contributed by atoms with Crippen LogP contribution in [-0.2, 0) is 13.0 Å². The molecule has 0 amide bonds. The van der Waals surface area contributed by atoms with Crippen LogP contribution in [0.1, 0.15) is 5.69 Å². The summed E-state index contributed by atoms with van der Waals surface area (Å²) in [6.45, 7) is 0.497. The molecule has 0 saturated carbocycles. The van der Waals surface area contributed by atoms with Crippen molar-refractivity contribution in [1.29, 1.82) is 0 Å². The summed E-state index contributed by atoms with van der Waals surface area (Å²) in [7, 11) is 0. The van der Waals surface area contributed by atoms with Crippen molar-refractivity contribution in [1.82, 2.24) is 0 Å². The van der Waals surface area contributed by atoms with Crippen molar-refractivity contribution in [3.8, 4) is 0 Å². The van der Waals surface area contributed by atoms with E-state index in [2.05, 4.69) is 0 Å². The molecule has 3 nitrogen and oxygen atoms in total. The Balaban J connectivity index is 2.34. The van der Waals surface area contributed by atoms with Gasteiger partial charge in [-0.1, -0.05) is 6.07 Å². The Bertz CT molecular complexity index is 259.